The van der Waals surface area contributed by atoms with Crippen LogP contribution < -0.4 is 5.32 Å². The molecule has 3 aliphatic heterocycles. The van der Waals surface area contributed by atoms with E-state index in [0.717, 1.165) is 13.0 Å². The van der Waals surface area contributed by atoms with Crippen LogP contribution >= 0.6 is 12.4 Å². The van der Waals surface area contributed by atoms with Crippen molar-refractivity contribution in [2.45, 2.75) is 57.9 Å². The largest absolute Gasteiger partial charge is 0.316 e. The van der Waals surface area contributed by atoms with E-state index in [-0.39, 0.29) is 12.4 Å². The molecule has 4 rings (SSSR count). The molecule has 0 spiro atoms. The summed E-state index contributed by atoms with van der Waals surface area (Å²) in [6.07, 6.45) is 7.52. The molecule has 1 aromatic heterocycles. The first kappa shape index (κ1) is 17.2. The van der Waals surface area contributed by atoms with Gasteiger partial charge in [0.25, 0.3) is 0 Å². The maximum Gasteiger partial charge on any atom is 0.136 e. The quantitative estimate of drug-likeness (QED) is 0.917. The van der Waals surface area contributed by atoms with Gasteiger partial charge in [-0.25, -0.2) is 0 Å². The minimum atomic E-state index is 0. The van der Waals surface area contributed by atoms with E-state index in [0.29, 0.717) is 11.3 Å². The lowest BCUT2D eigenvalue weighted by atomic mass is 9.87. The third-order valence-corrected chi connectivity index (χ3v) is 5.90. The highest BCUT2D eigenvalue weighted by Crippen LogP contribution is 2.32. The molecular formula is C17H30ClN5. The summed E-state index contributed by atoms with van der Waals surface area (Å²) in [5.74, 6) is 3.14. The molecule has 5 nitrogen and oxygen atoms in total. The van der Waals surface area contributed by atoms with E-state index in [1.54, 1.807) is 0 Å². The highest BCUT2D eigenvalue weighted by Gasteiger charge is 2.33. The van der Waals surface area contributed by atoms with Crippen molar-refractivity contribution in [3.63, 3.8) is 0 Å². The molecule has 0 saturated carbocycles. The van der Waals surface area contributed by atoms with Gasteiger partial charge in [0.05, 0.1) is 0 Å². The standard InChI is InChI=1S/C17H29N5.ClH/c1-17(7-8-18-12-17)13-21-10-5-14(6-11-21)16-20-19-15-4-2-3-9-22(15)16;/h14,18H,2-13H2,1H3;1H. The molecule has 1 unspecified atom stereocenters. The Labute approximate surface area is 145 Å². The van der Waals surface area contributed by atoms with Gasteiger partial charge in [-0.05, 0) is 57.2 Å². The van der Waals surface area contributed by atoms with Crippen LogP contribution in [-0.2, 0) is 13.0 Å². The van der Waals surface area contributed by atoms with Gasteiger partial charge in [0, 0.05) is 32.0 Å². The normalized spacial score (nSPS) is 29.3. The van der Waals surface area contributed by atoms with Crippen molar-refractivity contribution in [2.75, 3.05) is 32.7 Å². The van der Waals surface area contributed by atoms with Crippen molar-refractivity contribution in [1.29, 1.82) is 0 Å². The molecule has 130 valence electrons. The zero-order valence-corrected chi connectivity index (χ0v) is 15.1. The molecule has 0 radical (unpaired) electrons. The number of halogens is 1. The zero-order valence-electron chi connectivity index (χ0n) is 14.3. The number of aryl methyl sites for hydroxylation is 1. The summed E-state index contributed by atoms with van der Waals surface area (Å²) in [5, 5.41) is 12.5. The van der Waals surface area contributed by atoms with Crippen LogP contribution in [-0.4, -0.2) is 52.4 Å². The number of hydrogen-bond acceptors (Lipinski definition) is 4. The topological polar surface area (TPSA) is 46.0 Å². The second-order valence-corrected chi connectivity index (χ2v) is 7.87. The van der Waals surface area contributed by atoms with Crippen LogP contribution in [0.15, 0.2) is 0 Å². The number of likely N-dealkylation sites (tertiary alicyclic amines) is 1. The van der Waals surface area contributed by atoms with Crippen molar-refractivity contribution >= 4 is 12.4 Å². The molecule has 1 N–H and O–H groups in total. The molecule has 2 saturated heterocycles. The molecule has 1 atom stereocenters. The number of hydrogen-bond donors (Lipinski definition) is 1. The molecule has 0 aliphatic carbocycles. The first-order valence-electron chi connectivity index (χ1n) is 9.09. The monoisotopic (exact) mass is 339 g/mol. The fourth-order valence-electron chi connectivity index (χ4n) is 4.53. The van der Waals surface area contributed by atoms with E-state index in [1.165, 1.54) is 76.5 Å². The summed E-state index contributed by atoms with van der Waals surface area (Å²) in [6, 6.07) is 0. The summed E-state index contributed by atoms with van der Waals surface area (Å²) in [5.41, 5.74) is 0.487. The Hall–Kier alpha value is -0.650. The van der Waals surface area contributed by atoms with E-state index < -0.39 is 0 Å². The van der Waals surface area contributed by atoms with Crippen LogP contribution in [0.2, 0.25) is 0 Å². The van der Waals surface area contributed by atoms with Crippen LogP contribution in [0.3, 0.4) is 0 Å². The highest BCUT2D eigenvalue weighted by molar-refractivity contribution is 5.85. The third kappa shape index (κ3) is 3.57. The van der Waals surface area contributed by atoms with E-state index in [9.17, 15) is 0 Å². The van der Waals surface area contributed by atoms with Gasteiger partial charge in [0.1, 0.15) is 11.6 Å². The second-order valence-electron chi connectivity index (χ2n) is 7.87. The van der Waals surface area contributed by atoms with Gasteiger partial charge in [-0.1, -0.05) is 6.92 Å². The van der Waals surface area contributed by atoms with Gasteiger partial charge < -0.3 is 14.8 Å². The van der Waals surface area contributed by atoms with Crippen molar-refractivity contribution in [3.05, 3.63) is 11.6 Å². The van der Waals surface area contributed by atoms with Gasteiger partial charge in [-0.3, -0.25) is 0 Å². The minimum Gasteiger partial charge on any atom is -0.316 e. The fraction of sp³-hybridized carbons (Fsp3) is 0.882. The SMILES string of the molecule is CC1(CN2CCC(c3nnc4n3CCCC4)CC2)CCNC1.Cl. The van der Waals surface area contributed by atoms with Crippen LogP contribution in [0.25, 0.3) is 0 Å². The fourth-order valence-corrected chi connectivity index (χ4v) is 4.53. The van der Waals surface area contributed by atoms with Crippen LogP contribution in [0.1, 0.15) is 56.6 Å². The van der Waals surface area contributed by atoms with E-state index >= 15 is 0 Å². The Morgan fingerprint density at radius 1 is 1.17 bits per heavy atom. The van der Waals surface area contributed by atoms with E-state index in [1.807, 2.05) is 0 Å². The van der Waals surface area contributed by atoms with Gasteiger partial charge >= 0.3 is 0 Å². The molecule has 1 aromatic rings. The maximum atomic E-state index is 4.55. The first-order valence-corrected chi connectivity index (χ1v) is 9.09. The number of nitrogens with one attached hydrogen (secondary N) is 1. The van der Waals surface area contributed by atoms with Crippen molar-refractivity contribution in [3.8, 4) is 0 Å². The summed E-state index contributed by atoms with van der Waals surface area (Å²) in [7, 11) is 0. The Morgan fingerprint density at radius 3 is 2.74 bits per heavy atom. The molecule has 6 heteroatoms. The van der Waals surface area contributed by atoms with Crippen LogP contribution in [0.4, 0.5) is 0 Å². The lowest BCUT2D eigenvalue weighted by molar-refractivity contribution is 0.141. The number of aromatic nitrogens is 3. The Bertz CT molecular complexity index is 515. The van der Waals surface area contributed by atoms with E-state index in [2.05, 4.69) is 31.9 Å². The predicted octanol–water partition coefficient (Wildman–Crippen LogP) is 2.22. The summed E-state index contributed by atoms with van der Waals surface area (Å²) >= 11 is 0. The average molecular weight is 340 g/mol. The average Bonchev–Trinajstić information content (AvgIpc) is 3.15. The number of fused-ring (bicyclic) bond motifs is 1. The molecule has 2 fully saturated rings. The molecular weight excluding hydrogens is 310 g/mol. The Balaban J connectivity index is 0.00000156. The smallest absolute Gasteiger partial charge is 0.136 e. The lowest BCUT2D eigenvalue weighted by Gasteiger charge is -2.37. The second kappa shape index (κ2) is 7.08. The van der Waals surface area contributed by atoms with Crippen molar-refractivity contribution < 1.29 is 0 Å². The number of rotatable bonds is 3. The van der Waals surface area contributed by atoms with E-state index in [4.69, 9.17) is 0 Å². The van der Waals surface area contributed by atoms with Crippen molar-refractivity contribution in [1.82, 2.24) is 25.0 Å². The summed E-state index contributed by atoms with van der Waals surface area (Å²) in [6.45, 7) is 9.66. The lowest BCUT2D eigenvalue weighted by Crippen LogP contribution is -2.41. The molecule has 3 aliphatic rings. The molecule has 0 aromatic carbocycles. The van der Waals surface area contributed by atoms with Crippen LogP contribution in [0.5, 0.6) is 0 Å². The third-order valence-electron chi connectivity index (χ3n) is 5.90. The Kier molecular flexibility index (Phi) is 5.29. The van der Waals surface area contributed by atoms with Crippen molar-refractivity contribution in [2.24, 2.45) is 5.41 Å². The molecule has 0 amide bonds. The molecule has 4 heterocycles. The van der Waals surface area contributed by atoms with Gasteiger partial charge in [-0.15, -0.1) is 22.6 Å². The van der Waals surface area contributed by atoms with Gasteiger partial charge in [0.2, 0.25) is 0 Å². The highest BCUT2D eigenvalue weighted by atomic mass is 35.5. The zero-order chi connectivity index (χ0) is 15.0. The first-order chi connectivity index (χ1) is 10.7. The van der Waals surface area contributed by atoms with Crippen LogP contribution in [0, 0.1) is 5.41 Å². The number of piperidine rings is 1. The summed E-state index contributed by atoms with van der Waals surface area (Å²) in [4.78, 5) is 2.68. The molecule has 23 heavy (non-hydrogen) atoms. The predicted molar refractivity (Wildman–Crippen MR) is 94.2 cm³/mol. The minimum absolute atomic E-state index is 0. The Morgan fingerprint density at radius 2 is 2.00 bits per heavy atom. The number of nitrogens with zero attached hydrogens (tertiary/aromatic N) is 4. The van der Waals surface area contributed by atoms with Gasteiger partial charge in [-0.2, -0.15) is 0 Å². The molecule has 0 bridgehead atoms. The maximum absolute atomic E-state index is 4.55. The van der Waals surface area contributed by atoms with Gasteiger partial charge in [0.15, 0.2) is 0 Å². The summed E-state index contributed by atoms with van der Waals surface area (Å²) < 4.78 is 2.42.